The summed E-state index contributed by atoms with van der Waals surface area (Å²) in [5.41, 5.74) is 3.78. The summed E-state index contributed by atoms with van der Waals surface area (Å²) in [4.78, 5) is 16.5. The van der Waals surface area contributed by atoms with Gasteiger partial charge >= 0.3 is 0 Å². The van der Waals surface area contributed by atoms with Crippen LogP contribution < -0.4 is 5.32 Å². The first-order chi connectivity index (χ1) is 12.8. The molecule has 0 unspecified atom stereocenters. The summed E-state index contributed by atoms with van der Waals surface area (Å²) in [7, 11) is 0. The topological polar surface area (TPSA) is 60.1 Å². The van der Waals surface area contributed by atoms with Crippen LogP contribution in [0.2, 0.25) is 0 Å². The van der Waals surface area contributed by atoms with E-state index in [4.69, 9.17) is 4.42 Å². The lowest BCUT2D eigenvalue weighted by Gasteiger charge is -2.07. The molecule has 5 nitrogen and oxygen atoms in total. The lowest BCUT2D eigenvalue weighted by molar-refractivity contribution is 0.0924. The van der Waals surface area contributed by atoms with Crippen LogP contribution in [0.4, 0.5) is 0 Å². The summed E-state index contributed by atoms with van der Waals surface area (Å²) in [6, 6.07) is 19.5. The van der Waals surface area contributed by atoms with Crippen molar-refractivity contribution in [3.63, 3.8) is 0 Å². The van der Waals surface area contributed by atoms with E-state index in [1.807, 2.05) is 71.4 Å². The van der Waals surface area contributed by atoms with Crippen molar-refractivity contribution in [2.45, 2.75) is 6.54 Å². The number of hydrogen-bond donors (Lipinski definition) is 1. The molecule has 0 aliphatic rings. The number of benzene rings is 2. The maximum atomic E-state index is 12.5. The number of carbonyl (C=O) groups excluding carboxylic acids is 1. The summed E-state index contributed by atoms with van der Waals surface area (Å²) < 4.78 is 7.34. The quantitative estimate of drug-likeness (QED) is 0.594. The maximum absolute atomic E-state index is 12.5. The van der Waals surface area contributed by atoms with Gasteiger partial charge < -0.3 is 14.3 Å². The smallest absolute Gasteiger partial charge is 0.287 e. The van der Waals surface area contributed by atoms with E-state index < -0.39 is 0 Å². The van der Waals surface area contributed by atoms with Gasteiger partial charge in [-0.2, -0.15) is 0 Å². The fraction of sp³-hybridized carbons (Fsp3) is 0.0476. The minimum Gasteiger partial charge on any atom is -0.459 e. The first-order valence-electron chi connectivity index (χ1n) is 8.29. The predicted molar refractivity (Wildman–Crippen MR) is 98.9 cm³/mol. The summed E-state index contributed by atoms with van der Waals surface area (Å²) in [6.45, 7) is 0.429. The predicted octanol–water partition coefficient (Wildman–Crippen LogP) is 4.06. The summed E-state index contributed by atoms with van der Waals surface area (Å²) in [5.74, 6) is 0.0961. The van der Waals surface area contributed by atoms with E-state index in [1.54, 1.807) is 12.5 Å². The van der Waals surface area contributed by atoms with Gasteiger partial charge in [0.05, 0.1) is 12.6 Å². The third-order valence-corrected chi connectivity index (χ3v) is 4.15. The standard InChI is InChI=1S/C21H17N3O2/c25-21(20-19(10-13-26-20)17-4-2-1-3-5-17)23-14-16-6-8-18(9-7-16)24-12-11-22-15-24/h1-13,15H,14H2,(H,23,25). The summed E-state index contributed by atoms with van der Waals surface area (Å²) in [6.07, 6.45) is 6.91. The molecule has 2 aromatic carbocycles. The molecule has 0 aliphatic heterocycles. The molecule has 4 aromatic rings. The number of nitrogens with zero attached hydrogens (tertiary/aromatic N) is 2. The van der Waals surface area contributed by atoms with Gasteiger partial charge in [-0.15, -0.1) is 0 Å². The first kappa shape index (κ1) is 15.9. The zero-order valence-corrected chi connectivity index (χ0v) is 14.0. The Bertz CT molecular complexity index is 987. The van der Waals surface area contributed by atoms with Crippen LogP contribution in [-0.2, 0) is 6.54 Å². The highest BCUT2D eigenvalue weighted by molar-refractivity contribution is 5.98. The van der Waals surface area contributed by atoms with Gasteiger partial charge in [0.25, 0.3) is 5.91 Å². The second kappa shape index (κ2) is 7.11. The first-order valence-corrected chi connectivity index (χ1v) is 8.29. The number of furan rings is 1. The van der Waals surface area contributed by atoms with Gasteiger partial charge in [0.1, 0.15) is 0 Å². The van der Waals surface area contributed by atoms with Gasteiger partial charge in [0.2, 0.25) is 0 Å². The van der Waals surface area contributed by atoms with E-state index in [1.165, 1.54) is 6.26 Å². The minimum atomic E-state index is -0.229. The van der Waals surface area contributed by atoms with Crippen molar-refractivity contribution < 1.29 is 9.21 Å². The summed E-state index contributed by atoms with van der Waals surface area (Å²) >= 11 is 0. The average Bonchev–Trinajstić information content (AvgIpc) is 3.39. The molecule has 5 heteroatoms. The van der Waals surface area contributed by atoms with E-state index in [-0.39, 0.29) is 5.91 Å². The van der Waals surface area contributed by atoms with Crippen molar-refractivity contribution in [3.8, 4) is 16.8 Å². The normalized spacial score (nSPS) is 10.6. The number of amides is 1. The molecule has 1 N–H and O–H groups in total. The largest absolute Gasteiger partial charge is 0.459 e. The van der Waals surface area contributed by atoms with Gasteiger partial charge in [-0.3, -0.25) is 4.79 Å². The molecule has 0 saturated heterocycles. The Balaban J connectivity index is 1.44. The highest BCUT2D eigenvalue weighted by Gasteiger charge is 2.16. The zero-order valence-electron chi connectivity index (χ0n) is 14.0. The molecule has 0 atom stereocenters. The van der Waals surface area contributed by atoms with Crippen molar-refractivity contribution in [1.82, 2.24) is 14.9 Å². The maximum Gasteiger partial charge on any atom is 0.287 e. The molecule has 0 aliphatic carbocycles. The third kappa shape index (κ3) is 3.28. The molecule has 0 saturated carbocycles. The van der Waals surface area contributed by atoms with Crippen LogP contribution in [0.1, 0.15) is 16.1 Å². The van der Waals surface area contributed by atoms with Crippen LogP contribution in [0.3, 0.4) is 0 Å². The Morgan fingerprint density at radius 1 is 1.04 bits per heavy atom. The van der Waals surface area contributed by atoms with Gasteiger partial charge in [-0.1, -0.05) is 42.5 Å². The molecule has 2 aromatic heterocycles. The fourth-order valence-electron chi connectivity index (χ4n) is 2.79. The number of carbonyl (C=O) groups is 1. The Labute approximate surface area is 150 Å². The van der Waals surface area contributed by atoms with E-state index >= 15 is 0 Å². The van der Waals surface area contributed by atoms with Crippen LogP contribution in [0.5, 0.6) is 0 Å². The highest BCUT2D eigenvalue weighted by Crippen LogP contribution is 2.24. The minimum absolute atomic E-state index is 0.229. The monoisotopic (exact) mass is 343 g/mol. The van der Waals surface area contributed by atoms with Crippen LogP contribution in [0.25, 0.3) is 16.8 Å². The number of nitrogens with one attached hydrogen (secondary N) is 1. The Hall–Kier alpha value is -3.60. The van der Waals surface area contributed by atoms with Crippen LogP contribution >= 0.6 is 0 Å². The molecular formula is C21H17N3O2. The van der Waals surface area contributed by atoms with Gasteiger partial charge in [0.15, 0.2) is 5.76 Å². The Morgan fingerprint density at radius 2 is 1.85 bits per heavy atom. The molecule has 26 heavy (non-hydrogen) atoms. The lowest BCUT2D eigenvalue weighted by atomic mass is 10.1. The molecule has 0 fully saturated rings. The summed E-state index contributed by atoms with van der Waals surface area (Å²) in [5, 5.41) is 2.91. The molecule has 4 rings (SSSR count). The Kier molecular flexibility index (Phi) is 4.35. The van der Waals surface area contributed by atoms with E-state index in [0.29, 0.717) is 12.3 Å². The van der Waals surface area contributed by atoms with Crippen LogP contribution in [-0.4, -0.2) is 15.5 Å². The van der Waals surface area contributed by atoms with E-state index in [2.05, 4.69) is 10.3 Å². The lowest BCUT2D eigenvalue weighted by Crippen LogP contribution is -2.22. The van der Waals surface area contributed by atoms with Crippen LogP contribution in [0, 0.1) is 0 Å². The number of imidazole rings is 1. The number of rotatable bonds is 5. The van der Waals surface area contributed by atoms with Crippen molar-refractivity contribution in [2.75, 3.05) is 0 Å². The number of aromatic nitrogens is 2. The van der Waals surface area contributed by atoms with Crippen molar-refractivity contribution in [1.29, 1.82) is 0 Å². The fourth-order valence-corrected chi connectivity index (χ4v) is 2.79. The molecule has 0 radical (unpaired) electrons. The second-order valence-corrected chi connectivity index (χ2v) is 5.85. The second-order valence-electron chi connectivity index (χ2n) is 5.85. The number of hydrogen-bond acceptors (Lipinski definition) is 3. The Morgan fingerprint density at radius 3 is 2.58 bits per heavy atom. The van der Waals surface area contributed by atoms with Crippen molar-refractivity contribution in [2.24, 2.45) is 0 Å². The van der Waals surface area contributed by atoms with Gasteiger partial charge in [-0.25, -0.2) is 4.98 Å². The van der Waals surface area contributed by atoms with E-state index in [9.17, 15) is 4.79 Å². The SMILES string of the molecule is O=C(NCc1ccc(-n2ccnc2)cc1)c1occc1-c1ccccc1. The molecule has 0 bridgehead atoms. The molecule has 0 spiro atoms. The molecule has 128 valence electrons. The van der Waals surface area contributed by atoms with E-state index in [0.717, 1.165) is 22.4 Å². The molecule has 2 heterocycles. The van der Waals surface area contributed by atoms with Gasteiger partial charge in [-0.05, 0) is 29.3 Å². The third-order valence-electron chi connectivity index (χ3n) is 4.15. The highest BCUT2D eigenvalue weighted by atomic mass is 16.3. The van der Waals surface area contributed by atoms with Crippen molar-refractivity contribution in [3.05, 3.63) is 97.0 Å². The zero-order chi connectivity index (χ0) is 17.8. The van der Waals surface area contributed by atoms with Gasteiger partial charge in [0, 0.05) is 30.2 Å². The molecular weight excluding hydrogens is 326 g/mol. The van der Waals surface area contributed by atoms with Crippen LogP contribution in [0.15, 0.2) is 90.1 Å². The molecule has 1 amide bonds. The average molecular weight is 343 g/mol. The van der Waals surface area contributed by atoms with Crippen molar-refractivity contribution >= 4 is 5.91 Å².